The third-order valence-corrected chi connectivity index (χ3v) is 4.56. The van der Waals surface area contributed by atoms with Crippen molar-refractivity contribution < 1.29 is 19.1 Å². The van der Waals surface area contributed by atoms with E-state index in [-0.39, 0.29) is 19.0 Å². The number of alkyl carbamates (subject to hydrolysis) is 1. The molecule has 2 atom stereocenters. The van der Waals surface area contributed by atoms with Crippen LogP contribution in [0.5, 0.6) is 0 Å². The number of guanidine groups is 1. The van der Waals surface area contributed by atoms with E-state index in [9.17, 15) is 14.4 Å². The summed E-state index contributed by atoms with van der Waals surface area (Å²) in [5, 5.41) is 5.27. The molecule has 32 heavy (non-hydrogen) atoms. The molecule has 0 spiro atoms. The highest BCUT2D eigenvalue weighted by atomic mass is 16.5. The normalized spacial score (nSPS) is 12.1. The smallest absolute Gasteiger partial charge is 0.408 e. The molecule has 2 aromatic rings. The van der Waals surface area contributed by atoms with E-state index in [1.165, 1.54) is 0 Å². The molecule has 0 aliphatic rings. The molecule has 2 rings (SSSR count). The van der Waals surface area contributed by atoms with Crippen LogP contribution in [0.15, 0.2) is 65.7 Å². The first-order chi connectivity index (χ1) is 15.5. The number of nitrogens with two attached hydrogens (primary N) is 2. The SMILES string of the molecule is NC(N)=NCCCC(C=O)NC(=O)C(Cc1ccccc1)NC(=O)OCc1ccccc1. The van der Waals surface area contributed by atoms with Crippen molar-refractivity contribution in [1.82, 2.24) is 10.6 Å². The Morgan fingerprint density at radius 1 is 0.969 bits per heavy atom. The van der Waals surface area contributed by atoms with Gasteiger partial charge in [-0.25, -0.2) is 4.79 Å². The van der Waals surface area contributed by atoms with E-state index < -0.39 is 24.1 Å². The lowest BCUT2D eigenvalue weighted by Gasteiger charge is -2.21. The number of ether oxygens (including phenoxy) is 1. The Morgan fingerprint density at radius 2 is 1.59 bits per heavy atom. The minimum absolute atomic E-state index is 0.0298. The van der Waals surface area contributed by atoms with Gasteiger partial charge in [0.1, 0.15) is 18.9 Å². The van der Waals surface area contributed by atoms with Gasteiger partial charge < -0.3 is 31.6 Å². The Balaban J connectivity index is 1.97. The fraction of sp³-hybridized carbons (Fsp3) is 0.304. The molecule has 6 N–H and O–H groups in total. The summed E-state index contributed by atoms with van der Waals surface area (Å²) in [7, 11) is 0. The molecule has 0 aliphatic carbocycles. The second kappa shape index (κ2) is 13.4. The summed E-state index contributed by atoms with van der Waals surface area (Å²) in [6, 6.07) is 16.8. The maximum atomic E-state index is 12.9. The zero-order valence-electron chi connectivity index (χ0n) is 17.8. The fourth-order valence-electron chi connectivity index (χ4n) is 2.94. The van der Waals surface area contributed by atoms with Gasteiger partial charge in [0.25, 0.3) is 0 Å². The lowest BCUT2D eigenvalue weighted by atomic mass is 10.0. The Hall–Kier alpha value is -3.88. The van der Waals surface area contributed by atoms with E-state index in [1.54, 1.807) is 0 Å². The fourth-order valence-corrected chi connectivity index (χ4v) is 2.94. The zero-order chi connectivity index (χ0) is 23.2. The number of aliphatic imine (C=N–C) groups is 1. The largest absolute Gasteiger partial charge is 0.445 e. The van der Waals surface area contributed by atoms with Crippen LogP contribution in [0.2, 0.25) is 0 Å². The molecule has 9 heteroatoms. The van der Waals surface area contributed by atoms with Crippen LogP contribution in [0.25, 0.3) is 0 Å². The molecule has 0 aromatic heterocycles. The monoisotopic (exact) mass is 439 g/mol. The second-order valence-corrected chi connectivity index (χ2v) is 7.15. The average Bonchev–Trinajstić information content (AvgIpc) is 2.80. The van der Waals surface area contributed by atoms with Crippen LogP contribution < -0.4 is 22.1 Å². The van der Waals surface area contributed by atoms with Crippen molar-refractivity contribution in [3.8, 4) is 0 Å². The van der Waals surface area contributed by atoms with Crippen molar-refractivity contribution in [2.24, 2.45) is 16.5 Å². The van der Waals surface area contributed by atoms with Gasteiger partial charge in [0.05, 0.1) is 6.04 Å². The molecule has 0 heterocycles. The van der Waals surface area contributed by atoms with Crippen molar-refractivity contribution in [3.63, 3.8) is 0 Å². The molecule has 2 aromatic carbocycles. The van der Waals surface area contributed by atoms with E-state index in [4.69, 9.17) is 16.2 Å². The summed E-state index contributed by atoms with van der Waals surface area (Å²) < 4.78 is 5.24. The second-order valence-electron chi connectivity index (χ2n) is 7.15. The van der Waals surface area contributed by atoms with Crippen LogP contribution in [0, 0.1) is 0 Å². The van der Waals surface area contributed by atoms with Gasteiger partial charge in [-0.1, -0.05) is 60.7 Å². The predicted molar refractivity (Wildman–Crippen MR) is 122 cm³/mol. The molecular formula is C23H29N5O4. The number of benzene rings is 2. The summed E-state index contributed by atoms with van der Waals surface area (Å²) in [5.74, 6) is -0.512. The summed E-state index contributed by atoms with van der Waals surface area (Å²) in [6.45, 7) is 0.425. The quantitative estimate of drug-likeness (QED) is 0.169. The molecule has 0 saturated heterocycles. The number of hydrogen-bond donors (Lipinski definition) is 4. The molecule has 0 fully saturated rings. The maximum absolute atomic E-state index is 12.9. The van der Waals surface area contributed by atoms with E-state index in [0.717, 1.165) is 11.1 Å². The maximum Gasteiger partial charge on any atom is 0.408 e. The van der Waals surface area contributed by atoms with Crippen LogP contribution in [-0.2, 0) is 27.4 Å². The van der Waals surface area contributed by atoms with Gasteiger partial charge >= 0.3 is 6.09 Å². The Labute approximate surface area is 187 Å². The molecule has 2 unspecified atom stereocenters. The lowest BCUT2D eigenvalue weighted by molar-refractivity contribution is -0.125. The molecule has 170 valence electrons. The first-order valence-electron chi connectivity index (χ1n) is 10.3. The van der Waals surface area contributed by atoms with Crippen molar-refractivity contribution in [3.05, 3.63) is 71.8 Å². The molecule has 2 amide bonds. The number of nitrogens with zero attached hydrogens (tertiary/aromatic N) is 1. The number of rotatable bonds is 12. The van der Waals surface area contributed by atoms with Crippen molar-refractivity contribution in [2.75, 3.05) is 6.54 Å². The minimum Gasteiger partial charge on any atom is -0.445 e. The molecule has 9 nitrogen and oxygen atoms in total. The van der Waals surface area contributed by atoms with Crippen LogP contribution in [0.1, 0.15) is 24.0 Å². The number of carbonyl (C=O) groups excluding carboxylic acids is 3. The van der Waals surface area contributed by atoms with Gasteiger partial charge in [0, 0.05) is 13.0 Å². The summed E-state index contributed by atoms with van der Waals surface area (Å²) >= 11 is 0. The molecule has 0 saturated carbocycles. The first kappa shape index (κ1) is 24.4. The summed E-state index contributed by atoms with van der Waals surface area (Å²) in [5.41, 5.74) is 12.2. The van der Waals surface area contributed by atoms with Gasteiger partial charge in [-0.2, -0.15) is 0 Å². The number of carbonyl (C=O) groups is 3. The first-order valence-corrected chi connectivity index (χ1v) is 10.3. The van der Waals surface area contributed by atoms with E-state index in [1.807, 2.05) is 60.7 Å². The standard InChI is InChI=1S/C23H29N5O4/c24-22(25)26-13-7-12-19(15-29)27-21(30)20(14-17-8-3-1-4-9-17)28-23(31)32-16-18-10-5-2-6-11-18/h1-6,8-11,15,19-20H,7,12-14,16H2,(H,27,30)(H,28,31)(H4,24,25,26). The molecule has 0 aliphatic heterocycles. The number of hydrogen-bond acceptors (Lipinski definition) is 5. The number of aldehydes is 1. The van der Waals surface area contributed by atoms with Crippen LogP contribution in [-0.4, -0.2) is 42.9 Å². The molecule has 0 radical (unpaired) electrons. The van der Waals surface area contributed by atoms with Crippen molar-refractivity contribution >= 4 is 24.2 Å². The Morgan fingerprint density at radius 3 is 2.19 bits per heavy atom. The van der Waals surface area contributed by atoms with E-state index in [2.05, 4.69) is 15.6 Å². The molecule has 0 bridgehead atoms. The average molecular weight is 440 g/mol. The van der Waals surface area contributed by atoms with Crippen LogP contribution >= 0.6 is 0 Å². The topological polar surface area (TPSA) is 149 Å². The van der Waals surface area contributed by atoms with Crippen LogP contribution in [0.3, 0.4) is 0 Å². The highest BCUT2D eigenvalue weighted by Gasteiger charge is 2.24. The predicted octanol–water partition coefficient (Wildman–Crippen LogP) is 1.26. The number of amides is 2. The van der Waals surface area contributed by atoms with Gasteiger partial charge in [-0.3, -0.25) is 9.79 Å². The van der Waals surface area contributed by atoms with Crippen molar-refractivity contribution in [1.29, 1.82) is 0 Å². The zero-order valence-corrected chi connectivity index (χ0v) is 17.8. The highest BCUT2D eigenvalue weighted by molar-refractivity contribution is 5.87. The van der Waals surface area contributed by atoms with Gasteiger partial charge in [-0.15, -0.1) is 0 Å². The van der Waals surface area contributed by atoms with Gasteiger partial charge in [0.15, 0.2) is 5.96 Å². The van der Waals surface area contributed by atoms with Crippen LogP contribution in [0.4, 0.5) is 4.79 Å². The van der Waals surface area contributed by atoms with Gasteiger partial charge in [0.2, 0.25) is 5.91 Å². The third-order valence-electron chi connectivity index (χ3n) is 4.56. The van der Waals surface area contributed by atoms with Crippen molar-refractivity contribution in [2.45, 2.75) is 38.0 Å². The van der Waals surface area contributed by atoms with Gasteiger partial charge in [-0.05, 0) is 24.0 Å². The lowest BCUT2D eigenvalue weighted by Crippen LogP contribution is -2.51. The Bertz CT molecular complexity index is 886. The minimum atomic E-state index is -0.916. The summed E-state index contributed by atoms with van der Waals surface area (Å²) in [4.78, 5) is 40.5. The third kappa shape index (κ3) is 9.29. The highest BCUT2D eigenvalue weighted by Crippen LogP contribution is 2.06. The Kier molecular flexibility index (Phi) is 10.2. The molecular weight excluding hydrogens is 410 g/mol. The van der Waals surface area contributed by atoms with E-state index >= 15 is 0 Å². The summed E-state index contributed by atoms with van der Waals surface area (Å²) in [6.07, 6.45) is 1.05. The number of nitrogens with one attached hydrogen (secondary N) is 2. The van der Waals surface area contributed by atoms with E-state index in [0.29, 0.717) is 25.7 Å².